The molecule has 22 heavy (non-hydrogen) atoms. The molecule has 1 amide bonds. The highest BCUT2D eigenvalue weighted by Gasteiger charge is 2.21. The molecule has 3 unspecified atom stereocenters. The first-order chi connectivity index (χ1) is 9.94. The van der Waals surface area contributed by atoms with Gasteiger partial charge in [-0.1, -0.05) is 26.3 Å². The maximum atomic E-state index is 12.1. The van der Waals surface area contributed by atoms with Gasteiger partial charge < -0.3 is 20.5 Å². The average molecular weight is 331 g/mol. The minimum Gasteiger partial charge on any atom is -0.493 e. The van der Waals surface area contributed by atoms with Crippen LogP contribution in [0.25, 0.3) is 0 Å². The summed E-state index contributed by atoms with van der Waals surface area (Å²) in [5.74, 6) is 1.33. The predicted molar refractivity (Wildman–Crippen MR) is 90.8 cm³/mol. The van der Waals surface area contributed by atoms with Crippen molar-refractivity contribution in [2.75, 3.05) is 14.2 Å². The molecule has 0 saturated carbocycles. The standard InChI is InChI=1S/C16H26N2O3.ClH/c1-6-10(2)15(17)16(19)18-11(3)12-7-8-13(20-4)14(9-12)21-5;/h7-11,15H,6,17H2,1-5H3,(H,18,19);1H. The molecule has 126 valence electrons. The van der Waals surface area contributed by atoms with Crippen LogP contribution in [0.2, 0.25) is 0 Å². The maximum Gasteiger partial charge on any atom is 0.237 e. The molecule has 1 rings (SSSR count). The number of amides is 1. The van der Waals surface area contributed by atoms with Gasteiger partial charge in [0, 0.05) is 0 Å². The van der Waals surface area contributed by atoms with Crippen LogP contribution < -0.4 is 20.5 Å². The van der Waals surface area contributed by atoms with E-state index < -0.39 is 6.04 Å². The monoisotopic (exact) mass is 330 g/mol. The Morgan fingerprint density at radius 1 is 1.23 bits per heavy atom. The van der Waals surface area contributed by atoms with Crippen molar-refractivity contribution < 1.29 is 14.3 Å². The molecule has 1 aromatic carbocycles. The fourth-order valence-corrected chi connectivity index (χ4v) is 2.03. The molecule has 0 aliphatic carbocycles. The Bertz CT molecular complexity index is 482. The normalized spacial score (nSPS) is 14.3. The molecule has 0 fully saturated rings. The summed E-state index contributed by atoms with van der Waals surface area (Å²) < 4.78 is 10.5. The van der Waals surface area contributed by atoms with Crippen LogP contribution in [0.3, 0.4) is 0 Å². The molecule has 5 nitrogen and oxygen atoms in total. The number of nitrogens with one attached hydrogen (secondary N) is 1. The van der Waals surface area contributed by atoms with E-state index in [2.05, 4.69) is 5.32 Å². The first-order valence-corrected chi connectivity index (χ1v) is 7.22. The molecule has 0 aliphatic heterocycles. The Kier molecular flexibility index (Phi) is 8.90. The summed E-state index contributed by atoms with van der Waals surface area (Å²) in [5, 5.41) is 2.94. The van der Waals surface area contributed by atoms with E-state index in [0.29, 0.717) is 11.5 Å². The number of rotatable bonds is 7. The third-order valence-corrected chi connectivity index (χ3v) is 3.83. The second-order valence-corrected chi connectivity index (χ2v) is 5.26. The summed E-state index contributed by atoms with van der Waals surface area (Å²) >= 11 is 0. The van der Waals surface area contributed by atoms with Crippen molar-refractivity contribution in [1.82, 2.24) is 5.32 Å². The first kappa shape index (κ1) is 20.5. The largest absolute Gasteiger partial charge is 0.493 e. The van der Waals surface area contributed by atoms with Crippen LogP contribution in [0.1, 0.15) is 38.8 Å². The Hall–Kier alpha value is -1.46. The maximum absolute atomic E-state index is 12.1. The van der Waals surface area contributed by atoms with Gasteiger partial charge >= 0.3 is 0 Å². The van der Waals surface area contributed by atoms with Crippen LogP contribution in [-0.4, -0.2) is 26.2 Å². The summed E-state index contributed by atoms with van der Waals surface area (Å²) in [5.41, 5.74) is 6.88. The van der Waals surface area contributed by atoms with Crippen molar-refractivity contribution in [3.8, 4) is 11.5 Å². The molecule has 0 spiro atoms. The summed E-state index contributed by atoms with van der Waals surface area (Å²) in [7, 11) is 3.18. The van der Waals surface area contributed by atoms with E-state index in [1.165, 1.54) is 0 Å². The summed E-state index contributed by atoms with van der Waals surface area (Å²) in [6.07, 6.45) is 0.874. The Labute approximate surface area is 139 Å². The molecule has 0 saturated heterocycles. The zero-order valence-corrected chi connectivity index (χ0v) is 14.7. The van der Waals surface area contributed by atoms with Crippen molar-refractivity contribution in [2.45, 2.75) is 39.3 Å². The predicted octanol–water partition coefficient (Wildman–Crippen LogP) is 2.68. The van der Waals surface area contributed by atoms with E-state index in [1.54, 1.807) is 14.2 Å². The average Bonchev–Trinajstić information content (AvgIpc) is 2.52. The lowest BCUT2D eigenvalue weighted by Crippen LogP contribution is -2.45. The number of benzene rings is 1. The highest BCUT2D eigenvalue weighted by Crippen LogP contribution is 2.29. The van der Waals surface area contributed by atoms with E-state index in [1.807, 2.05) is 39.0 Å². The van der Waals surface area contributed by atoms with Gasteiger partial charge in [0.2, 0.25) is 5.91 Å². The number of halogens is 1. The van der Waals surface area contributed by atoms with Gasteiger partial charge in [0.25, 0.3) is 0 Å². The van der Waals surface area contributed by atoms with E-state index in [-0.39, 0.29) is 30.3 Å². The van der Waals surface area contributed by atoms with Crippen LogP contribution in [-0.2, 0) is 4.79 Å². The molecule has 3 N–H and O–H groups in total. The van der Waals surface area contributed by atoms with E-state index in [0.717, 1.165) is 12.0 Å². The van der Waals surface area contributed by atoms with Gasteiger partial charge in [-0.2, -0.15) is 0 Å². The molecule has 1 aromatic rings. The highest BCUT2D eigenvalue weighted by molar-refractivity contribution is 5.85. The highest BCUT2D eigenvalue weighted by atomic mass is 35.5. The fourth-order valence-electron chi connectivity index (χ4n) is 2.03. The van der Waals surface area contributed by atoms with Crippen molar-refractivity contribution in [3.05, 3.63) is 23.8 Å². The van der Waals surface area contributed by atoms with Gasteiger partial charge in [-0.25, -0.2) is 0 Å². The first-order valence-electron chi connectivity index (χ1n) is 7.22. The van der Waals surface area contributed by atoms with Crippen LogP contribution in [0, 0.1) is 5.92 Å². The molecule has 0 radical (unpaired) electrons. The fraction of sp³-hybridized carbons (Fsp3) is 0.562. The molecular weight excluding hydrogens is 304 g/mol. The number of methoxy groups -OCH3 is 2. The van der Waals surface area contributed by atoms with Crippen LogP contribution in [0.4, 0.5) is 0 Å². The second kappa shape index (κ2) is 9.54. The van der Waals surface area contributed by atoms with E-state index in [4.69, 9.17) is 15.2 Å². The van der Waals surface area contributed by atoms with Gasteiger partial charge in [-0.05, 0) is 30.5 Å². The SMILES string of the molecule is CCC(C)C(N)C(=O)NC(C)c1ccc(OC)c(OC)c1.Cl. The smallest absolute Gasteiger partial charge is 0.237 e. The van der Waals surface area contributed by atoms with E-state index >= 15 is 0 Å². The van der Waals surface area contributed by atoms with Gasteiger partial charge in [-0.3, -0.25) is 4.79 Å². The van der Waals surface area contributed by atoms with E-state index in [9.17, 15) is 4.79 Å². The second-order valence-electron chi connectivity index (χ2n) is 5.26. The molecular formula is C16H27ClN2O3. The third kappa shape index (κ3) is 5.07. The number of hydrogen-bond acceptors (Lipinski definition) is 4. The number of ether oxygens (including phenoxy) is 2. The lowest BCUT2D eigenvalue weighted by atomic mass is 9.98. The topological polar surface area (TPSA) is 73.6 Å². The number of carbonyl (C=O) groups excluding carboxylic acids is 1. The lowest BCUT2D eigenvalue weighted by Gasteiger charge is -2.22. The molecule has 0 bridgehead atoms. The Morgan fingerprint density at radius 3 is 2.32 bits per heavy atom. The van der Waals surface area contributed by atoms with Crippen LogP contribution in [0.15, 0.2) is 18.2 Å². The molecule has 6 heteroatoms. The number of carbonyl (C=O) groups is 1. The Morgan fingerprint density at radius 2 is 1.82 bits per heavy atom. The Balaban J connectivity index is 0.00000441. The van der Waals surface area contributed by atoms with Crippen LogP contribution >= 0.6 is 12.4 Å². The molecule has 0 aliphatic rings. The third-order valence-electron chi connectivity index (χ3n) is 3.83. The number of nitrogens with two attached hydrogens (primary N) is 1. The van der Waals surface area contributed by atoms with Crippen molar-refractivity contribution in [1.29, 1.82) is 0 Å². The molecule has 0 heterocycles. The van der Waals surface area contributed by atoms with Crippen molar-refractivity contribution >= 4 is 18.3 Å². The minimum absolute atomic E-state index is 0. The van der Waals surface area contributed by atoms with Gasteiger partial charge in [0.15, 0.2) is 11.5 Å². The quantitative estimate of drug-likeness (QED) is 0.806. The lowest BCUT2D eigenvalue weighted by molar-refractivity contribution is -0.124. The van der Waals surface area contributed by atoms with Crippen LogP contribution in [0.5, 0.6) is 11.5 Å². The zero-order valence-electron chi connectivity index (χ0n) is 13.9. The molecule has 0 aromatic heterocycles. The number of hydrogen-bond donors (Lipinski definition) is 2. The molecule has 3 atom stereocenters. The van der Waals surface area contributed by atoms with Gasteiger partial charge in [0.1, 0.15) is 0 Å². The van der Waals surface area contributed by atoms with Gasteiger partial charge in [-0.15, -0.1) is 12.4 Å². The zero-order chi connectivity index (χ0) is 16.0. The van der Waals surface area contributed by atoms with Crippen molar-refractivity contribution in [3.63, 3.8) is 0 Å². The van der Waals surface area contributed by atoms with Crippen molar-refractivity contribution in [2.24, 2.45) is 11.7 Å². The minimum atomic E-state index is -0.488. The summed E-state index contributed by atoms with van der Waals surface area (Å²) in [6.45, 7) is 5.92. The van der Waals surface area contributed by atoms with Gasteiger partial charge in [0.05, 0.1) is 26.3 Å². The summed E-state index contributed by atoms with van der Waals surface area (Å²) in [6, 6.07) is 4.95. The summed E-state index contributed by atoms with van der Waals surface area (Å²) in [4.78, 5) is 12.1.